The summed E-state index contributed by atoms with van der Waals surface area (Å²) in [6.45, 7) is 0. The zero-order chi connectivity index (χ0) is 19.2. The molecule has 3 aromatic rings. The molecule has 1 aromatic heterocycles. The molecule has 2 N–H and O–H groups in total. The molecule has 0 saturated carbocycles. The second-order valence-electron chi connectivity index (χ2n) is 5.46. The molecule has 0 saturated heterocycles. The van der Waals surface area contributed by atoms with E-state index in [1.54, 1.807) is 42.5 Å². The molecule has 0 radical (unpaired) electrons. The lowest BCUT2D eigenvalue weighted by Crippen LogP contribution is -2.14. The van der Waals surface area contributed by atoms with E-state index >= 15 is 0 Å². The van der Waals surface area contributed by atoms with Gasteiger partial charge in [0.2, 0.25) is 0 Å². The number of methoxy groups -OCH3 is 1. The highest BCUT2D eigenvalue weighted by Crippen LogP contribution is 2.16. The minimum Gasteiger partial charge on any atom is -0.465 e. The SMILES string of the molecule is COC(=O)c1ccc(NC(=O)c2ccc(Nc3cccc(F)c3)nn2)cc1. The van der Waals surface area contributed by atoms with Gasteiger partial charge in [-0.25, -0.2) is 9.18 Å². The molecular weight excluding hydrogens is 351 g/mol. The van der Waals surface area contributed by atoms with E-state index < -0.39 is 11.9 Å². The number of hydrogen-bond donors (Lipinski definition) is 2. The van der Waals surface area contributed by atoms with Crippen LogP contribution in [-0.2, 0) is 4.74 Å². The number of nitrogens with one attached hydrogen (secondary N) is 2. The predicted octanol–water partition coefficient (Wildman–Crippen LogP) is 3.40. The highest BCUT2D eigenvalue weighted by Gasteiger charge is 2.10. The highest BCUT2D eigenvalue weighted by molar-refractivity contribution is 6.03. The van der Waals surface area contributed by atoms with Crippen LogP contribution in [0, 0.1) is 5.82 Å². The van der Waals surface area contributed by atoms with Gasteiger partial charge >= 0.3 is 5.97 Å². The Morgan fingerprint density at radius 2 is 1.74 bits per heavy atom. The third-order valence-electron chi connectivity index (χ3n) is 3.56. The van der Waals surface area contributed by atoms with E-state index in [1.165, 1.54) is 25.3 Å². The minimum atomic E-state index is -0.458. The Balaban J connectivity index is 1.64. The highest BCUT2D eigenvalue weighted by atomic mass is 19.1. The van der Waals surface area contributed by atoms with Gasteiger partial charge in [0.15, 0.2) is 11.5 Å². The van der Waals surface area contributed by atoms with Crippen LogP contribution >= 0.6 is 0 Å². The molecule has 136 valence electrons. The van der Waals surface area contributed by atoms with E-state index in [0.717, 1.165) is 0 Å². The average Bonchev–Trinajstić information content (AvgIpc) is 2.68. The molecule has 0 spiro atoms. The monoisotopic (exact) mass is 366 g/mol. The van der Waals surface area contributed by atoms with Crippen LogP contribution in [-0.4, -0.2) is 29.2 Å². The maximum Gasteiger partial charge on any atom is 0.337 e. The summed E-state index contributed by atoms with van der Waals surface area (Å²) in [6.07, 6.45) is 0. The summed E-state index contributed by atoms with van der Waals surface area (Å²) in [5.74, 6) is -0.910. The van der Waals surface area contributed by atoms with Crippen molar-refractivity contribution in [2.75, 3.05) is 17.7 Å². The summed E-state index contributed by atoms with van der Waals surface area (Å²) < 4.78 is 17.8. The second-order valence-corrected chi connectivity index (χ2v) is 5.46. The van der Waals surface area contributed by atoms with Crippen LogP contribution in [0.4, 0.5) is 21.6 Å². The molecule has 7 nitrogen and oxygen atoms in total. The predicted molar refractivity (Wildman–Crippen MR) is 97.4 cm³/mol. The van der Waals surface area contributed by atoms with Crippen LogP contribution in [0.5, 0.6) is 0 Å². The van der Waals surface area contributed by atoms with E-state index in [1.807, 2.05) is 0 Å². The Bertz CT molecular complexity index is 959. The molecule has 0 aliphatic heterocycles. The van der Waals surface area contributed by atoms with Gasteiger partial charge in [0, 0.05) is 11.4 Å². The number of aromatic nitrogens is 2. The van der Waals surface area contributed by atoms with Crippen molar-refractivity contribution < 1.29 is 18.7 Å². The second kappa shape index (κ2) is 8.05. The van der Waals surface area contributed by atoms with E-state index in [-0.39, 0.29) is 11.5 Å². The molecule has 0 fully saturated rings. The molecule has 1 amide bonds. The van der Waals surface area contributed by atoms with Gasteiger partial charge in [-0.05, 0) is 54.6 Å². The molecule has 0 aliphatic carbocycles. The van der Waals surface area contributed by atoms with Gasteiger partial charge in [0.25, 0.3) is 5.91 Å². The summed E-state index contributed by atoms with van der Waals surface area (Å²) in [6, 6.07) is 15.2. The van der Waals surface area contributed by atoms with Crippen molar-refractivity contribution in [2.24, 2.45) is 0 Å². The van der Waals surface area contributed by atoms with Gasteiger partial charge in [-0.1, -0.05) is 6.07 Å². The summed E-state index contributed by atoms with van der Waals surface area (Å²) in [4.78, 5) is 23.6. The fourth-order valence-electron chi connectivity index (χ4n) is 2.24. The molecular formula is C19H15FN4O3. The van der Waals surface area contributed by atoms with Crippen molar-refractivity contribution in [3.63, 3.8) is 0 Å². The number of hydrogen-bond acceptors (Lipinski definition) is 6. The van der Waals surface area contributed by atoms with Crippen molar-refractivity contribution in [1.82, 2.24) is 10.2 Å². The number of rotatable bonds is 5. The largest absolute Gasteiger partial charge is 0.465 e. The normalized spacial score (nSPS) is 10.1. The van der Waals surface area contributed by atoms with Crippen LogP contribution in [0.3, 0.4) is 0 Å². The first kappa shape index (κ1) is 18.0. The minimum absolute atomic E-state index is 0.108. The quantitative estimate of drug-likeness (QED) is 0.672. The molecule has 8 heteroatoms. The van der Waals surface area contributed by atoms with Crippen molar-refractivity contribution >= 4 is 29.1 Å². The number of esters is 1. The molecule has 0 bridgehead atoms. The average molecular weight is 366 g/mol. The van der Waals surface area contributed by atoms with Crippen LogP contribution in [0.1, 0.15) is 20.8 Å². The maximum atomic E-state index is 13.2. The van der Waals surface area contributed by atoms with Gasteiger partial charge in [0.1, 0.15) is 5.82 Å². The van der Waals surface area contributed by atoms with E-state index in [9.17, 15) is 14.0 Å². The smallest absolute Gasteiger partial charge is 0.337 e. The Morgan fingerprint density at radius 3 is 2.37 bits per heavy atom. The number of ether oxygens (including phenoxy) is 1. The van der Waals surface area contributed by atoms with Crippen molar-refractivity contribution in [3.05, 3.63) is 77.7 Å². The first-order valence-corrected chi connectivity index (χ1v) is 7.91. The lowest BCUT2D eigenvalue weighted by Gasteiger charge is -2.07. The number of nitrogens with zero attached hydrogens (tertiary/aromatic N) is 2. The molecule has 0 atom stereocenters. The van der Waals surface area contributed by atoms with Crippen LogP contribution in [0.2, 0.25) is 0 Å². The topological polar surface area (TPSA) is 93.2 Å². The van der Waals surface area contributed by atoms with Crippen molar-refractivity contribution in [3.8, 4) is 0 Å². The number of amides is 1. The number of halogens is 1. The first-order valence-electron chi connectivity index (χ1n) is 7.91. The molecule has 2 aromatic carbocycles. The van der Waals surface area contributed by atoms with E-state index in [2.05, 4.69) is 25.6 Å². The van der Waals surface area contributed by atoms with Gasteiger partial charge in [0.05, 0.1) is 12.7 Å². The number of benzene rings is 2. The molecule has 0 unspecified atom stereocenters. The fraction of sp³-hybridized carbons (Fsp3) is 0.0526. The molecule has 3 rings (SSSR count). The number of carbonyl (C=O) groups is 2. The van der Waals surface area contributed by atoms with Crippen LogP contribution in [0.15, 0.2) is 60.7 Å². The van der Waals surface area contributed by atoms with Gasteiger partial charge in [-0.15, -0.1) is 10.2 Å². The maximum absolute atomic E-state index is 13.2. The summed E-state index contributed by atoms with van der Waals surface area (Å²) in [5.41, 5.74) is 1.50. The Kier molecular flexibility index (Phi) is 5.36. The molecule has 0 aliphatic rings. The van der Waals surface area contributed by atoms with Crippen molar-refractivity contribution in [2.45, 2.75) is 0 Å². The summed E-state index contributed by atoms with van der Waals surface area (Å²) in [5, 5.41) is 13.3. The van der Waals surface area contributed by atoms with E-state index in [0.29, 0.717) is 22.8 Å². The Labute approximate surface area is 154 Å². The first-order chi connectivity index (χ1) is 13.0. The van der Waals surface area contributed by atoms with Gasteiger partial charge in [-0.2, -0.15) is 0 Å². The lowest BCUT2D eigenvalue weighted by atomic mass is 10.2. The molecule has 1 heterocycles. The summed E-state index contributed by atoms with van der Waals surface area (Å²) >= 11 is 0. The van der Waals surface area contributed by atoms with Gasteiger partial charge in [-0.3, -0.25) is 4.79 Å². The fourth-order valence-corrected chi connectivity index (χ4v) is 2.24. The lowest BCUT2D eigenvalue weighted by molar-refractivity contribution is 0.0600. The third-order valence-corrected chi connectivity index (χ3v) is 3.56. The summed E-state index contributed by atoms with van der Waals surface area (Å²) in [7, 11) is 1.30. The van der Waals surface area contributed by atoms with Crippen LogP contribution < -0.4 is 10.6 Å². The number of anilines is 3. The zero-order valence-electron chi connectivity index (χ0n) is 14.3. The standard InChI is InChI=1S/C19H15FN4O3/c1-27-19(26)12-5-7-14(8-6-12)22-18(25)16-9-10-17(24-23-16)21-15-4-2-3-13(20)11-15/h2-11H,1H3,(H,21,24)(H,22,25). The molecule has 27 heavy (non-hydrogen) atoms. The Hall–Kier alpha value is -3.81. The van der Waals surface area contributed by atoms with Crippen LogP contribution in [0.25, 0.3) is 0 Å². The zero-order valence-corrected chi connectivity index (χ0v) is 14.3. The van der Waals surface area contributed by atoms with E-state index in [4.69, 9.17) is 0 Å². The Morgan fingerprint density at radius 1 is 0.963 bits per heavy atom. The van der Waals surface area contributed by atoms with Gasteiger partial charge < -0.3 is 15.4 Å². The third kappa shape index (κ3) is 4.63. The van der Waals surface area contributed by atoms with Crippen molar-refractivity contribution in [1.29, 1.82) is 0 Å². The number of carbonyl (C=O) groups excluding carboxylic acids is 2.